The molecule has 1 atom stereocenters. The summed E-state index contributed by atoms with van der Waals surface area (Å²) in [5.74, 6) is 1.29. The Morgan fingerprint density at radius 1 is 1.53 bits per heavy atom. The van der Waals surface area contributed by atoms with Crippen LogP contribution in [0.1, 0.15) is 17.7 Å². The van der Waals surface area contributed by atoms with Crippen LogP contribution in [0.15, 0.2) is 12.1 Å². The van der Waals surface area contributed by atoms with Gasteiger partial charge in [0.05, 0.1) is 6.04 Å². The number of thioether (sulfide) groups is 1. The normalized spacial score (nSPS) is 12.2. The van der Waals surface area contributed by atoms with Gasteiger partial charge in [-0.3, -0.25) is 4.79 Å². The number of hydrogen-bond acceptors (Lipinski definition) is 4. The monoisotopic (exact) mass is 253 g/mol. The number of aryl methyl sites for hydroxylation is 2. The number of rotatable bonds is 5. The third kappa shape index (κ3) is 4.75. The molecule has 1 aromatic rings. The first kappa shape index (κ1) is 14.0. The van der Waals surface area contributed by atoms with Gasteiger partial charge in [-0.05, 0) is 50.0 Å². The number of carbonyl (C=O) groups excluding carboxylic acids is 1. The minimum atomic E-state index is -0.468. The Morgan fingerprint density at radius 2 is 2.24 bits per heavy atom. The molecule has 1 rings (SSSR count). The summed E-state index contributed by atoms with van der Waals surface area (Å²) in [4.78, 5) is 16.0. The van der Waals surface area contributed by atoms with Crippen molar-refractivity contribution in [1.82, 2.24) is 4.98 Å². The molecule has 17 heavy (non-hydrogen) atoms. The van der Waals surface area contributed by atoms with E-state index in [0.29, 0.717) is 12.2 Å². The number of nitrogens with two attached hydrogens (primary N) is 1. The smallest absolute Gasteiger partial charge is 0.242 e. The van der Waals surface area contributed by atoms with Crippen molar-refractivity contribution in [1.29, 1.82) is 0 Å². The van der Waals surface area contributed by atoms with Crippen LogP contribution in [0.3, 0.4) is 0 Å². The third-order valence-corrected chi connectivity index (χ3v) is 2.96. The molecule has 0 unspecified atom stereocenters. The second-order valence-corrected chi connectivity index (χ2v) is 5.03. The van der Waals surface area contributed by atoms with E-state index in [0.717, 1.165) is 17.0 Å². The largest absolute Gasteiger partial charge is 0.320 e. The van der Waals surface area contributed by atoms with Crippen molar-refractivity contribution in [2.75, 3.05) is 17.3 Å². The van der Waals surface area contributed by atoms with Crippen LogP contribution < -0.4 is 11.1 Å². The molecule has 94 valence electrons. The molecule has 1 amide bonds. The van der Waals surface area contributed by atoms with E-state index in [9.17, 15) is 4.79 Å². The lowest BCUT2D eigenvalue weighted by Crippen LogP contribution is -2.36. The van der Waals surface area contributed by atoms with Crippen LogP contribution in [0.5, 0.6) is 0 Å². The highest BCUT2D eigenvalue weighted by molar-refractivity contribution is 7.98. The van der Waals surface area contributed by atoms with Crippen molar-refractivity contribution < 1.29 is 4.79 Å². The molecule has 3 N–H and O–H groups in total. The zero-order valence-corrected chi connectivity index (χ0v) is 11.3. The first-order valence-electron chi connectivity index (χ1n) is 5.53. The molecular weight excluding hydrogens is 234 g/mol. The van der Waals surface area contributed by atoms with Gasteiger partial charge in [0.1, 0.15) is 5.82 Å². The van der Waals surface area contributed by atoms with Crippen molar-refractivity contribution in [3.8, 4) is 0 Å². The van der Waals surface area contributed by atoms with Gasteiger partial charge in [-0.15, -0.1) is 0 Å². The lowest BCUT2D eigenvalue weighted by atomic mass is 10.2. The third-order valence-electron chi connectivity index (χ3n) is 2.32. The Labute approximate surface area is 106 Å². The molecule has 5 heteroatoms. The first-order chi connectivity index (χ1) is 8.02. The Morgan fingerprint density at radius 3 is 2.82 bits per heavy atom. The van der Waals surface area contributed by atoms with Gasteiger partial charge >= 0.3 is 0 Å². The van der Waals surface area contributed by atoms with E-state index in [2.05, 4.69) is 10.3 Å². The quantitative estimate of drug-likeness (QED) is 0.838. The van der Waals surface area contributed by atoms with E-state index < -0.39 is 6.04 Å². The number of carbonyl (C=O) groups is 1. The average Bonchev–Trinajstić information content (AvgIpc) is 2.24. The van der Waals surface area contributed by atoms with Crippen molar-refractivity contribution in [2.24, 2.45) is 5.73 Å². The molecule has 0 saturated heterocycles. The molecule has 0 aromatic carbocycles. The van der Waals surface area contributed by atoms with Gasteiger partial charge in [0.2, 0.25) is 5.91 Å². The fourth-order valence-corrected chi connectivity index (χ4v) is 1.99. The highest BCUT2D eigenvalue weighted by Gasteiger charge is 2.13. The van der Waals surface area contributed by atoms with E-state index >= 15 is 0 Å². The summed E-state index contributed by atoms with van der Waals surface area (Å²) >= 11 is 1.68. The van der Waals surface area contributed by atoms with E-state index in [1.54, 1.807) is 11.8 Å². The van der Waals surface area contributed by atoms with Crippen molar-refractivity contribution in [3.63, 3.8) is 0 Å². The number of pyridine rings is 1. The number of amides is 1. The molecule has 0 aliphatic carbocycles. The average molecular weight is 253 g/mol. The maximum atomic E-state index is 11.8. The minimum Gasteiger partial charge on any atom is -0.320 e. The molecule has 0 radical (unpaired) electrons. The zero-order valence-electron chi connectivity index (χ0n) is 10.5. The summed E-state index contributed by atoms with van der Waals surface area (Å²) in [7, 11) is 0. The first-order valence-corrected chi connectivity index (χ1v) is 6.93. The summed E-state index contributed by atoms with van der Waals surface area (Å²) in [5.41, 5.74) is 7.74. The summed E-state index contributed by atoms with van der Waals surface area (Å²) in [6, 6.07) is 3.33. The van der Waals surface area contributed by atoms with Crippen LogP contribution in [-0.4, -0.2) is 28.9 Å². The standard InChI is InChI=1S/C12H19N3OS/c1-8-6-9(2)14-11(7-8)15-12(16)10(13)4-5-17-3/h6-7,10H,4-5,13H2,1-3H3,(H,14,15,16)/t10-/m0/s1. The highest BCUT2D eigenvalue weighted by Crippen LogP contribution is 2.09. The number of aromatic nitrogens is 1. The molecule has 1 heterocycles. The molecular formula is C12H19N3OS. The van der Waals surface area contributed by atoms with E-state index in [-0.39, 0.29) is 5.91 Å². The van der Waals surface area contributed by atoms with E-state index in [4.69, 9.17) is 5.73 Å². The Kier molecular flexibility index (Phi) is 5.44. The second kappa shape index (κ2) is 6.61. The van der Waals surface area contributed by atoms with E-state index in [1.807, 2.05) is 32.2 Å². The Hall–Kier alpha value is -1.07. The number of anilines is 1. The topological polar surface area (TPSA) is 68.0 Å². The summed E-state index contributed by atoms with van der Waals surface area (Å²) in [6.07, 6.45) is 2.67. The second-order valence-electron chi connectivity index (χ2n) is 4.05. The fraction of sp³-hybridized carbons (Fsp3) is 0.500. The van der Waals surface area contributed by atoms with Crippen LogP contribution in [0.25, 0.3) is 0 Å². The molecule has 0 spiro atoms. The van der Waals surface area contributed by atoms with Crippen molar-refractivity contribution >= 4 is 23.5 Å². The van der Waals surface area contributed by atoms with Crippen LogP contribution in [0, 0.1) is 13.8 Å². The lowest BCUT2D eigenvalue weighted by molar-refractivity contribution is -0.117. The van der Waals surface area contributed by atoms with Gasteiger partial charge in [0.15, 0.2) is 0 Å². The molecule has 1 aromatic heterocycles. The van der Waals surface area contributed by atoms with Crippen LogP contribution in [0.4, 0.5) is 5.82 Å². The molecule has 4 nitrogen and oxygen atoms in total. The van der Waals surface area contributed by atoms with Gasteiger partial charge in [-0.25, -0.2) is 4.98 Å². The van der Waals surface area contributed by atoms with Crippen LogP contribution in [-0.2, 0) is 4.79 Å². The van der Waals surface area contributed by atoms with Gasteiger partial charge in [-0.2, -0.15) is 11.8 Å². The predicted molar refractivity (Wildman–Crippen MR) is 73.3 cm³/mol. The highest BCUT2D eigenvalue weighted by atomic mass is 32.2. The number of hydrogen-bond donors (Lipinski definition) is 2. The zero-order chi connectivity index (χ0) is 12.8. The maximum absolute atomic E-state index is 11.8. The fourth-order valence-electron chi connectivity index (χ4n) is 1.50. The number of nitrogens with zero attached hydrogens (tertiary/aromatic N) is 1. The van der Waals surface area contributed by atoms with Crippen LogP contribution >= 0.6 is 11.8 Å². The van der Waals surface area contributed by atoms with Gasteiger partial charge in [0.25, 0.3) is 0 Å². The van der Waals surface area contributed by atoms with Crippen molar-refractivity contribution in [3.05, 3.63) is 23.4 Å². The molecule has 0 bridgehead atoms. The summed E-state index contributed by atoms with van der Waals surface area (Å²) < 4.78 is 0. The lowest BCUT2D eigenvalue weighted by Gasteiger charge is -2.11. The molecule has 0 aliphatic rings. The maximum Gasteiger partial charge on any atom is 0.242 e. The van der Waals surface area contributed by atoms with Crippen molar-refractivity contribution in [2.45, 2.75) is 26.3 Å². The number of nitrogens with one attached hydrogen (secondary N) is 1. The molecule has 0 fully saturated rings. The van der Waals surface area contributed by atoms with Crippen LogP contribution in [0.2, 0.25) is 0 Å². The summed E-state index contributed by atoms with van der Waals surface area (Å²) in [5, 5.41) is 2.75. The summed E-state index contributed by atoms with van der Waals surface area (Å²) in [6.45, 7) is 3.87. The van der Waals surface area contributed by atoms with Gasteiger partial charge in [-0.1, -0.05) is 0 Å². The minimum absolute atomic E-state index is 0.170. The molecule has 0 saturated carbocycles. The predicted octanol–water partition coefficient (Wildman–Crippen LogP) is 1.72. The molecule has 0 aliphatic heterocycles. The Balaban J connectivity index is 2.61. The SMILES string of the molecule is CSCC[C@H](N)C(=O)Nc1cc(C)cc(C)n1. The Bertz CT molecular complexity index is 375. The van der Waals surface area contributed by atoms with E-state index in [1.165, 1.54) is 0 Å². The van der Waals surface area contributed by atoms with Gasteiger partial charge in [0, 0.05) is 5.69 Å². The van der Waals surface area contributed by atoms with Gasteiger partial charge < -0.3 is 11.1 Å².